The van der Waals surface area contributed by atoms with Crippen LogP contribution in [0.4, 0.5) is 4.39 Å². The van der Waals surface area contributed by atoms with Crippen LogP contribution < -0.4 is 5.32 Å². The van der Waals surface area contributed by atoms with E-state index in [1.54, 1.807) is 24.5 Å². The minimum absolute atomic E-state index is 0.152. The molecule has 1 aromatic carbocycles. The third-order valence-electron chi connectivity index (χ3n) is 7.69. The number of piperidine rings is 1. The normalized spacial score (nSPS) is 22.1. The Bertz CT molecular complexity index is 1280. The zero-order valence-corrected chi connectivity index (χ0v) is 20.2. The molecule has 1 aliphatic carbocycles. The maximum atomic E-state index is 14.8. The number of rotatable bonds is 5. The number of likely N-dealkylation sites (tertiary alicyclic amines) is 1. The molecule has 2 fully saturated rings. The van der Waals surface area contributed by atoms with Crippen LogP contribution in [0.3, 0.4) is 0 Å². The number of aliphatic hydroxyl groups excluding tert-OH is 1. The summed E-state index contributed by atoms with van der Waals surface area (Å²) < 4.78 is 14.8. The number of nitriles is 1. The molecule has 2 aromatic heterocycles. The molecule has 8 heteroatoms. The van der Waals surface area contributed by atoms with Crippen molar-refractivity contribution in [3.8, 4) is 6.07 Å². The number of carbonyl (C=O) groups excluding carboxylic acids is 1. The number of pyridine rings is 2. The number of halogens is 1. The van der Waals surface area contributed by atoms with E-state index in [0.29, 0.717) is 50.7 Å². The molecule has 0 bridgehead atoms. The summed E-state index contributed by atoms with van der Waals surface area (Å²) in [5.74, 6) is -0.870. The van der Waals surface area contributed by atoms with Crippen molar-refractivity contribution in [1.29, 1.82) is 5.26 Å². The van der Waals surface area contributed by atoms with Crippen LogP contribution in [-0.4, -0.2) is 51.1 Å². The van der Waals surface area contributed by atoms with E-state index in [1.807, 2.05) is 18.2 Å². The molecular weight excluding hydrogens is 457 g/mol. The van der Waals surface area contributed by atoms with E-state index in [4.69, 9.17) is 0 Å². The molecule has 3 aromatic rings. The molecule has 36 heavy (non-hydrogen) atoms. The molecule has 3 heterocycles. The number of carbonyl (C=O) groups is 1. The van der Waals surface area contributed by atoms with Crippen LogP contribution >= 0.6 is 0 Å². The average molecular weight is 488 g/mol. The quantitative estimate of drug-likeness (QED) is 0.567. The summed E-state index contributed by atoms with van der Waals surface area (Å²) in [5, 5.41) is 23.8. The van der Waals surface area contributed by atoms with E-state index < -0.39 is 23.2 Å². The summed E-state index contributed by atoms with van der Waals surface area (Å²) in [5.41, 5.74) is 1.51. The number of hydrogen-bond donors (Lipinski definition) is 2. The summed E-state index contributed by atoms with van der Waals surface area (Å²) in [6, 6.07) is 12.6. The van der Waals surface area contributed by atoms with Crippen molar-refractivity contribution in [2.24, 2.45) is 0 Å². The van der Waals surface area contributed by atoms with Crippen LogP contribution in [0, 0.1) is 17.1 Å². The first-order chi connectivity index (χ1) is 17.5. The predicted molar refractivity (Wildman–Crippen MR) is 133 cm³/mol. The van der Waals surface area contributed by atoms with Crippen LogP contribution in [0.25, 0.3) is 10.9 Å². The first kappa shape index (κ1) is 24.3. The van der Waals surface area contributed by atoms with Crippen molar-refractivity contribution in [2.45, 2.75) is 62.6 Å². The molecule has 5 rings (SSSR count). The number of amides is 1. The highest BCUT2D eigenvalue weighted by Crippen LogP contribution is 2.35. The smallest absolute Gasteiger partial charge is 0.270 e. The molecule has 186 valence electrons. The zero-order valence-electron chi connectivity index (χ0n) is 20.2. The van der Waals surface area contributed by atoms with Gasteiger partial charge in [0.15, 0.2) is 0 Å². The van der Waals surface area contributed by atoms with Crippen LogP contribution in [0.1, 0.15) is 60.1 Å². The molecule has 1 amide bonds. The Balaban J connectivity index is 1.38. The molecule has 1 saturated carbocycles. The number of nitrogens with one attached hydrogen (secondary N) is 1. The van der Waals surface area contributed by atoms with Gasteiger partial charge >= 0.3 is 0 Å². The number of aliphatic hydroxyl groups is 1. The number of para-hydroxylation sites is 1. The molecule has 1 saturated heterocycles. The maximum Gasteiger partial charge on any atom is 0.270 e. The van der Waals surface area contributed by atoms with E-state index in [2.05, 4.69) is 26.3 Å². The van der Waals surface area contributed by atoms with Gasteiger partial charge in [-0.15, -0.1) is 0 Å². The third kappa shape index (κ3) is 4.81. The van der Waals surface area contributed by atoms with Gasteiger partial charge in [0.05, 0.1) is 23.6 Å². The Morgan fingerprint density at radius 3 is 2.75 bits per heavy atom. The number of fused-ring (bicyclic) bond motifs is 1. The van der Waals surface area contributed by atoms with Gasteiger partial charge in [-0.2, -0.15) is 5.26 Å². The average Bonchev–Trinajstić information content (AvgIpc) is 2.91. The Morgan fingerprint density at radius 1 is 1.22 bits per heavy atom. The molecule has 0 unspecified atom stereocenters. The lowest BCUT2D eigenvalue weighted by Crippen LogP contribution is -2.45. The minimum Gasteiger partial charge on any atom is -0.391 e. The van der Waals surface area contributed by atoms with Crippen molar-refractivity contribution in [2.75, 3.05) is 13.1 Å². The molecular formula is C28H30FN5O2. The van der Waals surface area contributed by atoms with Gasteiger partial charge in [-0.3, -0.25) is 14.7 Å². The van der Waals surface area contributed by atoms with Crippen molar-refractivity contribution in [1.82, 2.24) is 20.2 Å². The van der Waals surface area contributed by atoms with Crippen LogP contribution in [-0.2, 0) is 12.0 Å². The Hall–Kier alpha value is -3.41. The van der Waals surface area contributed by atoms with Crippen molar-refractivity contribution < 1.29 is 14.3 Å². The molecule has 0 spiro atoms. The number of nitrogens with zero attached hydrogens (tertiary/aromatic N) is 4. The Morgan fingerprint density at radius 2 is 2.03 bits per heavy atom. The van der Waals surface area contributed by atoms with E-state index in [1.165, 1.54) is 6.07 Å². The molecule has 2 atom stereocenters. The van der Waals surface area contributed by atoms with E-state index in [0.717, 1.165) is 24.0 Å². The Kier molecular flexibility index (Phi) is 6.95. The van der Waals surface area contributed by atoms with Crippen molar-refractivity contribution >= 4 is 16.8 Å². The topological polar surface area (TPSA) is 102 Å². The molecule has 2 N–H and O–H groups in total. The van der Waals surface area contributed by atoms with Gasteiger partial charge in [0.1, 0.15) is 17.0 Å². The highest BCUT2D eigenvalue weighted by molar-refractivity contribution is 5.96. The third-order valence-corrected chi connectivity index (χ3v) is 7.69. The standard InChI is InChI=1S/C28H30FN5O2/c29-22-7-3-6-21-19(15-24(32-26(21)22)27(36)33-23-8-1-2-9-25(23)35)17-34-13-10-28(18-30,11-14-34)20-5-4-12-31-16-20/h3-7,12,15-16,23,25,35H,1-2,8-11,13-14,17H2,(H,33,36)/t23-,25-/m0/s1. The summed E-state index contributed by atoms with van der Waals surface area (Å²) in [6.45, 7) is 1.90. The lowest BCUT2D eigenvalue weighted by atomic mass is 9.74. The van der Waals surface area contributed by atoms with Gasteiger partial charge in [0, 0.05) is 37.4 Å². The molecule has 2 aliphatic rings. The molecule has 0 radical (unpaired) electrons. The fraction of sp³-hybridized carbons (Fsp3) is 0.429. The second kappa shape index (κ2) is 10.3. The zero-order chi connectivity index (χ0) is 25.1. The first-order valence-corrected chi connectivity index (χ1v) is 12.6. The van der Waals surface area contributed by atoms with Crippen molar-refractivity contribution in [3.05, 3.63) is 71.4 Å². The number of benzene rings is 1. The van der Waals surface area contributed by atoms with Crippen LogP contribution in [0.2, 0.25) is 0 Å². The Labute approximate surface area is 210 Å². The minimum atomic E-state index is -0.576. The van der Waals surface area contributed by atoms with Gasteiger partial charge in [0.2, 0.25) is 0 Å². The molecule has 7 nitrogen and oxygen atoms in total. The summed E-state index contributed by atoms with van der Waals surface area (Å²) in [4.78, 5) is 23.9. The van der Waals surface area contributed by atoms with Gasteiger partial charge in [-0.25, -0.2) is 9.37 Å². The van der Waals surface area contributed by atoms with E-state index >= 15 is 0 Å². The number of aromatic nitrogens is 2. The van der Waals surface area contributed by atoms with Gasteiger partial charge in [0.25, 0.3) is 5.91 Å². The lowest BCUT2D eigenvalue weighted by Gasteiger charge is -2.37. The van der Waals surface area contributed by atoms with Gasteiger partial charge < -0.3 is 10.4 Å². The van der Waals surface area contributed by atoms with Gasteiger partial charge in [-0.1, -0.05) is 31.0 Å². The van der Waals surface area contributed by atoms with E-state index in [9.17, 15) is 19.6 Å². The fourth-order valence-electron chi connectivity index (χ4n) is 5.50. The second-order valence-electron chi connectivity index (χ2n) is 9.95. The highest BCUT2D eigenvalue weighted by atomic mass is 19.1. The second-order valence-corrected chi connectivity index (χ2v) is 9.95. The predicted octanol–water partition coefficient (Wildman–Crippen LogP) is 3.86. The number of hydrogen-bond acceptors (Lipinski definition) is 6. The fourth-order valence-corrected chi connectivity index (χ4v) is 5.50. The monoisotopic (exact) mass is 487 g/mol. The SMILES string of the molecule is N#CC1(c2cccnc2)CCN(Cc2cc(C(=O)N[C@H]3CCCC[C@@H]3O)nc3c(F)cccc23)CC1. The summed E-state index contributed by atoms with van der Waals surface area (Å²) in [6.07, 6.45) is 7.51. The van der Waals surface area contributed by atoms with E-state index in [-0.39, 0.29) is 17.3 Å². The summed E-state index contributed by atoms with van der Waals surface area (Å²) in [7, 11) is 0. The maximum absolute atomic E-state index is 14.8. The largest absolute Gasteiger partial charge is 0.391 e. The first-order valence-electron chi connectivity index (χ1n) is 12.6. The van der Waals surface area contributed by atoms with Crippen LogP contribution in [0.15, 0.2) is 48.8 Å². The summed E-state index contributed by atoms with van der Waals surface area (Å²) >= 11 is 0. The van der Waals surface area contributed by atoms with Crippen molar-refractivity contribution in [3.63, 3.8) is 0 Å². The highest BCUT2D eigenvalue weighted by Gasteiger charge is 2.37. The van der Waals surface area contributed by atoms with Crippen LogP contribution in [0.5, 0.6) is 0 Å². The molecule has 1 aliphatic heterocycles. The lowest BCUT2D eigenvalue weighted by molar-refractivity contribution is 0.0714. The van der Waals surface area contributed by atoms with Gasteiger partial charge in [-0.05, 0) is 55.0 Å².